The molecule has 106 valence electrons. The Morgan fingerprint density at radius 2 is 2.10 bits per heavy atom. The van der Waals surface area contributed by atoms with Crippen LogP contribution >= 0.6 is 11.3 Å². The van der Waals surface area contributed by atoms with Crippen molar-refractivity contribution in [1.82, 2.24) is 10.2 Å². The average molecular weight is 286 g/mol. The van der Waals surface area contributed by atoms with Crippen molar-refractivity contribution in [3.63, 3.8) is 0 Å². The van der Waals surface area contributed by atoms with Crippen LogP contribution in [0.1, 0.15) is 29.2 Å². The van der Waals surface area contributed by atoms with E-state index in [1.165, 1.54) is 29.7 Å². The second-order valence-electron chi connectivity index (χ2n) is 5.59. The van der Waals surface area contributed by atoms with Gasteiger partial charge in [0.15, 0.2) is 0 Å². The molecule has 1 fully saturated rings. The lowest BCUT2D eigenvalue weighted by atomic mass is 10.1. The third-order valence-corrected chi connectivity index (χ3v) is 4.95. The summed E-state index contributed by atoms with van der Waals surface area (Å²) < 4.78 is 0. The zero-order valence-corrected chi connectivity index (χ0v) is 12.8. The normalized spacial score (nSPS) is 20.8. The van der Waals surface area contributed by atoms with Crippen molar-refractivity contribution in [2.75, 3.05) is 19.6 Å². The fraction of sp³-hybridized carbons (Fsp3) is 0.412. The Bertz CT molecular complexity index is 535. The molecule has 3 rings (SSSR count). The van der Waals surface area contributed by atoms with Crippen LogP contribution in [0.25, 0.3) is 0 Å². The van der Waals surface area contributed by atoms with E-state index in [0.29, 0.717) is 6.04 Å². The summed E-state index contributed by atoms with van der Waals surface area (Å²) in [6.45, 7) is 6.69. The minimum absolute atomic E-state index is 0.456. The predicted octanol–water partition coefficient (Wildman–Crippen LogP) is 3.59. The van der Waals surface area contributed by atoms with Crippen LogP contribution in [0.15, 0.2) is 41.1 Å². The van der Waals surface area contributed by atoms with Crippen molar-refractivity contribution in [3.8, 4) is 0 Å². The van der Waals surface area contributed by atoms with Crippen molar-refractivity contribution in [3.05, 3.63) is 57.8 Å². The fourth-order valence-electron chi connectivity index (χ4n) is 2.83. The lowest BCUT2D eigenvalue weighted by Gasteiger charge is -2.24. The molecule has 0 amide bonds. The number of nitrogens with zero attached hydrogens (tertiary/aromatic N) is 1. The van der Waals surface area contributed by atoms with Crippen LogP contribution in [-0.2, 0) is 6.54 Å². The molecule has 1 N–H and O–H groups in total. The number of thiophene rings is 1. The average Bonchev–Trinajstić information content (AvgIpc) is 2.75. The van der Waals surface area contributed by atoms with Gasteiger partial charge in [-0.25, -0.2) is 0 Å². The Labute approximate surface area is 125 Å². The molecule has 2 nitrogen and oxygen atoms in total. The maximum absolute atomic E-state index is 3.68. The molecule has 0 saturated carbocycles. The smallest absolute Gasteiger partial charge is 0.0449 e. The molecule has 0 radical (unpaired) electrons. The molecular weight excluding hydrogens is 264 g/mol. The van der Waals surface area contributed by atoms with Gasteiger partial charge in [0.1, 0.15) is 0 Å². The molecular formula is C17H22N2S. The summed E-state index contributed by atoms with van der Waals surface area (Å²) in [5.74, 6) is 0. The van der Waals surface area contributed by atoms with Crippen molar-refractivity contribution < 1.29 is 0 Å². The first-order chi connectivity index (χ1) is 9.83. The number of nitrogens with one attached hydrogen (secondary N) is 1. The molecule has 1 aromatic heterocycles. The molecule has 2 heterocycles. The minimum atomic E-state index is 0.456. The summed E-state index contributed by atoms with van der Waals surface area (Å²) in [5, 5.41) is 8.23. The minimum Gasteiger partial charge on any atom is -0.309 e. The highest BCUT2D eigenvalue weighted by Gasteiger charge is 2.19. The molecule has 2 aromatic rings. The van der Waals surface area contributed by atoms with Gasteiger partial charge in [-0.15, -0.1) is 0 Å². The molecule has 3 heteroatoms. The summed E-state index contributed by atoms with van der Waals surface area (Å²) in [6, 6.07) is 11.3. The van der Waals surface area contributed by atoms with Crippen molar-refractivity contribution >= 4 is 11.3 Å². The van der Waals surface area contributed by atoms with E-state index in [2.05, 4.69) is 58.2 Å². The second kappa shape index (κ2) is 6.53. The highest BCUT2D eigenvalue weighted by Crippen LogP contribution is 2.21. The van der Waals surface area contributed by atoms with Gasteiger partial charge in [0.05, 0.1) is 0 Å². The van der Waals surface area contributed by atoms with Crippen LogP contribution in [0.3, 0.4) is 0 Å². The lowest BCUT2D eigenvalue weighted by Crippen LogP contribution is -2.31. The first-order valence-corrected chi connectivity index (χ1v) is 8.29. The van der Waals surface area contributed by atoms with E-state index < -0.39 is 0 Å². The summed E-state index contributed by atoms with van der Waals surface area (Å²) in [5.41, 5.74) is 4.33. The SMILES string of the molecule is Cc1cscc1CN1CCCNC(c2ccccc2)C1. The molecule has 1 aliphatic heterocycles. The van der Waals surface area contributed by atoms with E-state index in [1.54, 1.807) is 0 Å². The van der Waals surface area contributed by atoms with Gasteiger partial charge >= 0.3 is 0 Å². The van der Waals surface area contributed by atoms with Crippen molar-refractivity contribution in [1.29, 1.82) is 0 Å². The molecule has 0 spiro atoms. The molecule has 1 aromatic carbocycles. The van der Waals surface area contributed by atoms with E-state index in [9.17, 15) is 0 Å². The Hall–Kier alpha value is -1.16. The number of rotatable bonds is 3. The van der Waals surface area contributed by atoms with Gasteiger partial charge in [-0.1, -0.05) is 30.3 Å². The van der Waals surface area contributed by atoms with E-state index in [0.717, 1.165) is 19.6 Å². The van der Waals surface area contributed by atoms with Gasteiger partial charge in [-0.05, 0) is 53.9 Å². The van der Waals surface area contributed by atoms with E-state index >= 15 is 0 Å². The van der Waals surface area contributed by atoms with Crippen LogP contribution in [0, 0.1) is 6.92 Å². The number of hydrogen-bond donors (Lipinski definition) is 1. The number of aryl methyl sites for hydroxylation is 1. The Morgan fingerprint density at radius 3 is 2.85 bits per heavy atom. The Balaban J connectivity index is 1.71. The first-order valence-electron chi connectivity index (χ1n) is 7.35. The highest BCUT2D eigenvalue weighted by molar-refractivity contribution is 7.08. The quantitative estimate of drug-likeness (QED) is 0.927. The summed E-state index contributed by atoms with van der Waals surface area (Å²) in [4.78, 5) is 2.59. The Kier molecular flexibility index (Phi) is 4.51. The highest BCUT2D eigenvalue weighted by atomic mass is 32.1. The van der Waals surface area contributed by atoms with Crippen molar-refractivity contribution in [2.45, 2.75) is 25.9 Å². The maximum Gasteiger partial charge on any atom is 0.0449 e. The van der Waals surface area contributed by atoms with Crippen LogP contribution in [0.5, 0.6) is 0 Å². The topological polar surface area (TPSA) is 15.3 Å². The van der Waals surface area contributed by atoms with Crippen LogP contribution in [0.4, 0.5) is 0 Å². The van der Waals surface area contributed by atoms with Gasteiger partial charge in [-0.2, -0.15) is 11.3 Å². The van der Waals surface area contributed by atoms with Gasteiger partial charge in [0.25, 0.3) is 0 Å². The van der Waals surface area contributed by atoms with Crippen LogP contribution in [0.2, 0.25) is 0 Å². The largest absolute Gasteiger partial charge is 0.309 e. The van der Waals surface area contributed by atoms with Crippen LogP contribution in [-0.4, -0.2) is 24.5 Å². The molecule has 0 aliphatic carbocycles. The fourth-order valence-corrected chi connectivity index (χ4v) is 3.68. The molecule has 1 saturated heterocycles. The molecule has 1 unspecified atom stereocenters. The number of benzene rings is 1. The van der Waals surface area contributed by atoms with E-state index in [1.807, 2.05) is 11.3 Å². The van der Waals surface area contributed by atoms with Gasteiger partial charge in [-0.3, -0.25) is 4.90 Å². The zero-order chi connectivity index (χ0) is 13.8. The third-order valence-electron chi connectivity index (χ3n) is 4.04. The van der Waals surface area contributed by atoms with Crippen LogP contribution < -0.4 is 5.32 Å². The lowest BCUT2D eigenvalue weighted by molar-refractivity contribution is 0.260. The zero-order valence-electron chi connectivity index (χ0n) is 12.0. The molecule has 1 atom stereocenters. The second-order valence-corrected chi connectivity index (χ2v) is 6.33. The van der Waals surface area contributed by atoms with Gasteiger partial charge < -0.3 is 5.32 Å². The summed E-state index contributed by atoms with van der Waals surface area (Å²) in [7, 11) is 0. The summed E-state index contributed by atoms with van der Waals surface area (Å²) in [6.07, 6.45) is 1.23. The summed E-state index contributed by atoms with van der Waals surface area (Å²) >= 11 is 1.81. The third kappa shape index (κ3) is 3.29. The Morgan fingerprint density at radius 1 is 1.25 bits per heavy atom. The monoisotopic (exact) mass is 286 g/mol. The first kappa shape index (κ1) is 13.8. The van der Waals surface area contributed by atoms with Gasteiger partial charge in [0, 0.05) is 19.1 Å². The molecule has 1 aliphatic rings. The maximum atomic E-state index is 3.68. The van der Waals surface area contributed by atoms with E-state index in [4.69, 9.17) is 0 Å². The van der Waals surface area contributed by atoms with E-state index in [-0.39, 0.29) is 0 Å². The predicted molar refractivity (Wildman–Crippen MR) is 86.1 cm³/mol. The molecule has 20 heavy (non-hydrogen) atoms. The standard InChI is InChI=1S/C17H22N2S/c1-14-12-20-13-16(14)10-19-9-5-8-18-17(11-19)15-6-3-2-4-7-15/h2-4,6-7,12-13,17-18H,5,8-11H2,1H3. The van der Waals surface area contributed by atoms with Gasteiger partial charge in [0.2, 0.25) is 0 Å². The molecule has 0 bridgehead atoms. The number of hydrogen-bond acceptors (Lipinski definition) is 3. The van der Waals surface area contributed by atoms with Crippen molar-refractivity contribution in [2.24, 2.45) is 0 Å².